The summed E-state index contributed by atoms with van der Waals surface area (Å²) < 4.78 is 46.8. The number of hydrogen-bond donors (Lipinski definition) is 0. The molecule has 0 atom stereocenters. The monoisotopic (exact) mass is 466 g/mol. The highest BCUT2D eigenvalue weighted by Crippen LogP contribution is 2.29. The summed E-state index contributed by atoms with van der Waals surface area (Å²) in [6, 6.07) is 5.75. The smallest absolute Gasteiger partial charge is 0.258 e. The van der Waals surface area contributed by atoms with E-state index in [1.54, 1.807) is 0 Å². The zero-order valence-corrected chi connectivity index (χ0v) is 16.5. The molecule has 0 aliphatic heterocycles. The fourth-order valence-electron chi connectivity index (χ4n) is 2.15. The van der Waals surface area contributed by atoms with Crippen molar-refractivity contribution in [2.45, 2.75) is 9.79 Å². The van der Waals surface area contributed by atoms with Crippen molar-refractivity contribution in [3.05, 3.63) is 67.8 Å². The van der Waals surface area contributed by atoms with Gasteiger partial charge >= 0.3 is 0 Å². The van der Waals surface area contributed by atoms with Crippen LogP contribution in [-0.4, -0.2) is 26.7 Å². The third kappa shape index (κ3) is 5.04. The first-order chi connectivity index (χ1) is 12.8. The van der Waals surface area contributed by atoms with Gasteiger partial charge in [-0.2, -0.15) is 0 Å². The Bertz CT molecular complexity index is 1130. The van der Waals surface area contributed by atoms with E-state index < -0.39 is 49.1 Å². The van der Waals surface area contributed by atoms with Crippen molar-refractivity contribution in [1.82, 2.24) is 0 Å². The molecule has 14 heteroatoms. The summed E-state index contributed by atoms with van der Waals surface area (Å²) in [5.74, 6) is 0. The molecule has 148 valence electrons. The average Bonchev–Trinajstić information content (AvgIpc) is 2.57. The van der Waals surface area contributed by atoms with E-state index >= 15 is 0 Å². The summed E-state index contributed by atoms with van der Waals surface area (Å²) in [5, 5.41) is 21.7. The van der Waals surface area contributed by atoms with E-state index in [9.17, 15) is 37.1 Å². The zero-order valence-electron chi connectivity index (χ0n) is 13.4. The first-order valence-electron chi connectivity index (χ1n) is 6.95. The van der Waals surface area contributed by atoms with Crippen LogP contribution in [0.25, 0.3) is 12.2 Å². The Morgan fingerprint density at radius 1 is 0.714 bits per heavy atom. The number of nitrogens with zero attached hydrogens (tertiary/aromatic N) is 2. The number of non-ortho nitro benzene ring substituents is 2. The summed E-state index contributed by atoms with van der Waals surface area (Å²) in [6.45, 7) is 0. The van der Waals surface area contributed by atoms with Crippen molar-refractivity contribution in [3.63, 3.8) is 0 Å². The summed E-state index contributed by atoms with van der Waals surface area (Å²) in [7, 11) is 1.88. The van der Waals surface area contributed by atoms with Gasteiger partial charge in [-0.05, 0) is 23.3 Å². The maximum Gasteiger partial charge on any atom is 0.270 e. The number of nitro benzene ring substituents is 2. The predicted octanol–water partition coefficient (Wildman–Crippen LogP) is 3.53. The van der Waals surface area contributed by atoms with Gasteiger partial charge in [-0.3, -0.25) is 20.2 Å². The maximum atomic E-state index is 11.7. The average molecular weight is 467 g/mol. The molecule has 0 bridgehead atoms. The molecule has 0 saturated carbocycles. The molecule has 0 fully saturated rings. The van der Waals surface area contributed by atoms with Crippen molar-refractivity contribution in [3.8, 4) is 0 Å². The van der Waals surface area contributed by atoms with Gasteiger partial charge in [0.1, 0.15) is 0 Å². The molecule has 0 heterocycles. The highest BCUT2D eigenvalue weighted by atomic mass is 35.7. The molecule has 2 aromatic carbocycles. The summed E-state index contributed by atoms with van der Waals surface area (Å²) >= 11 is 0. The van der Waals surface area contributed by atoms with E-state index in [2.05, 4.69) is 0 Å². The molecule has 2 rings (SSSR count). The Kier molecular flexibility index (Phi) is 6.09. The molecule has 0 amide bonds. The number of hydrogen-bond acceptors (Lipinski definition) is 8. The van der Waals surface area contributed by atoms with Gasteiger partial charge in [0.2, 0.25) is 0 Å². The minimum Gasteiger partial charge on any atom is -0.258 e. The van der Waals surface area contributed by atoms with Crippen LogP contribution in [0.5, 0.6) is 0 Å². The highest BCUT2D eigenvalue weighted by molar-refractivity contribution is 8.14. The van der Waals surface area contributed by atoms with Gasteiger partial charge in [0.25, 0.3) is 29.5 Å². The number of benzene rings is 2. The van der Waals surface area contributed by atoms with Crippen LogP contribution in [0, 0.1) is 20.2 Å². The van der Waals surface area contributed by atoms with Crippen molar-refractivity contribution >= 4 is 63.0 Å². The number of halogens is 2. The van der Waals surface area contributed by atoms with E-state index in [-0.39, 0.29) is 11.1 Å². The van der Waals surface area contributed by atoms with Gasteiger partial charge in [-0.15, -0.1) is 0 Å². The molecule has 0 spiro atoms. The molecule has 0 aliphatic carbocycles. The lowest BCUT2D eigenvalue weighted by Gasteiger charge is -2.05. The van der Waals surface area contributed by atoms with Crippen LogP contribution >= 0.6 is 21.4 Å². The zero-order chi connectivity index (χ0) is 21.3. The van der Waals surface area contributed by atoms with Gasteiger partial charge in [0.15, 0.2) is 0 Å². The highest BCUT2D eigenvalue weighted by Gasteiger charge is 2.21. The predicted molar refractivity (Wildman–Crippen MR) is 101 cm³/mol. The van der Waals surface area contributed by atoms with Gasteiger partial charge in [0, 0.05) is 45.6 Å². The molecular formula is C14H8Cl2N2O8S2. The molecule has 0 aromatic heterocycles. The molecular weight excluding hydrogens is 459 g/mol. The standard InChI is InChI=1S/C14H8Cl2N2O8S2/c15-27(23,24)13-7-11(17(19)20)5-3-9(13)1-2-10-4-6-12(18(21)22)8-14(10)28(16,25)26/h1-8H/b2-1+. The van der Waals surface area contributed by atoms with Crippen LogP contribution in [0.3, 0.4) is 0 Å². The molecule has 0 radical (unpaired) electrons. The van der Waals surface area contributed by atoms with Crippen LogP contribution in [0.4, 0.5) is 11.4 Å². The summed E-state index contributed by atoms with van der Waals surface area (Å²) in [6.07, 6.45) is 2.26. The van der Waals surface area contributed by atoms with Gasteiger partial charge in [0.05, 0.1) is 19.6 Å². The molecule has 0 N–H and O–H groups in total. The summed E-state index contributed by atoms with van der Waals surface area (Å²) in [5.41, 5.74) is -1.18. The molecule has 0 saturated heterocycles. The Hall–Kier alpha value is -2.54. The fourth-order valence-corrected chi connectivity index (χ4v) is 4.31. The third-order valence-electron chi connectivity index (χ3n) is 3.38. The number of nitro groups is 2. The Morgan fingerprint density at radius 3 is 1.29 bits per heavy atom. The second-order valence-corrected chi connectivity index (χ2v) is 10.2. The quantitative estimate of drug-likeness (QED) is 0.270. The molecule has 28 heavy (non-hydrogen) atoms. The minimum atomic E-state index is -4.37. The Balaban J connectivity index is 2.64. The number of rotatable bonds is 6. The second-order valence-electron chi connectivity index (χ2n) is 5.17. The SMILES string of the molecule is O=[N+]([O-])c1ccc(/C=C/c2ccc([N+](=O)[O-])cc2S(=O)(=O)Cl)c(S(=O)(=O)Cl)c1. The van der Waals surface area contributed by atoms with Crippen LogP contribution in [0.2, 0.25) is 0 Å². The third-order valence-corrected chi connectivity index (χ3v) is 6.14. The van der Waals surface area contributed by atoms with E-state index in [0.29, 0.717) is 0 Å². The van der Waals surface area contributed by atoms with Crippen molar-refractivity contribution in [1.29, 1.82) is 0 Å². The first-order valence-corrected chi connectivity index (χ1v) is 11.6. The van der Waals surface area contributed by atoms with Crippen LogP contribution in [0.15, 0.2) is 46.2 Å². The maximum absolute atomic E-state index is 11.7. The largest absolute Gasteiger partial charge is 0.270 e. The van der Waals surface area contributed by atoms with Gasteiger partial charge < -0.3 is 0 Å². The van der Waals surface area contributed by atoms with Crippen molar-refractivity contribution in [2.24, 2.45) is 0 Å². The van der Waals surface area contributed by atoms with E-state index in [1.165, 1.54) is 0 Å². The molecule has 2 aromatic rings. The lowest BCUT2D eigenvalue weighted by Crippen LogP contribution is -1.98. The molecule has 10 nitrogen and oxygen atoms in total. The first kappa shape index (κ1) is 21.8. The van der Waals surface area contributed by atoms with Crippen LogP contribution < -0.4 is 0 Å². The van der Waals surface area contributed by atoms with E-state index in [1.807, 2.05) is 0 Å². The van der Waals surface area contributed by atoms with Crippen molar-refractivity contribution in [2.75, 3.05) is 0 Å². The Labute approximate surface area is 167 Å². The lowest BCUT2D eigenvalue weighted by atomic mass is 10.1. The van der Waals surface area contributed by atoms with Gasteiger partial charge in [-0.1, -0.05) is 12.2 Å². The van der Waals surface area contributed by atoms with Crippen molar-refractivity contribution < 1.29 is 26.7 Å². The van der Waals surface area contributed by atoms with Gasteiger partial charge in [-0.25, -0.2) is 16.8 Å². The van der Waals surface area contributed by atoms with Crippen LogP contribution in [0.1, 0.15) is 11.1 Å². The van der Waals surface area contributed by atoms with Crippen LogP contribution in [-0.2, 0) is 18.1 Å². The molecule has 0 unspecified atom stereocenters. The normalized spacial score (nSPS) is 12.2. The van der Waals surface area contributed by atoms with E-state index in [4.69, 9.17) is 21.4 Å². The minimum absolute atomic E-state index is 0.0723. The lowest BCUT2D eigenvalue weighted by molar-refractivity contribution is -0.385. The second kappa shape index (κ2) is 7.83. The van der Waals surface area contributed by atoms with E-state index in [0.717, 1.165) is 48.6 Å². The topological polar surface area (TPSA) is 155 Å². The summed E-state index contributed by atoms with van der Waals surface area (Å²) in [4.78, 5) is 18.9. The fraction of sp³-hybridized carbons (Fsp3) is 0. The Morgan fingerprint density at radius 2 is 1.04 bits per heavy atom. The molecule has 0 aliphatic rings.